The average molecular weight is 638 g/mol. The van der Waals surface area contributed by atoms with E-state index in [0.29, 0.717) is 24.4 Å². The molecule has 2 aliphatic rings. The van der Waals surface area contributed by atoms with Gasteiger partial charge in [0.2, 0.25) is 5.84 Å². The molecule has 0 spiro atoms. The maximum Gasteiger partial charge on any atom is 0.346 e. The normalized spacial score (nSPS) is 20.7. The van der Waals surface area contributed by atoms with E-state index in [4.69, 9.17) is 10.5 Å². The standard InChI is InChI=1S/C36H44N8O3/c1-36(2,3)31(37)20-32(38-24-10-7-9-23(19-24)22-45)40-35(46)39-28-15-16-30(27-12-6-5-11-26(27)28)47-25-14-17-33-41-42-34(44(33)21-25)29-13-8-18-43(29)4/h5-7,9-12,14,17,19-21,28-30,45H,8,13,15-16,18,22,37H2,1-4H3,(H2,38,39,40,46)/p+1/b31-20-/t28-,29-,30+/m0/s1. The maximum atomic E-state index is 13.4. The van der Waals surface area contributed by atoms with Crippen molar-refractivity contribution in [1.29, 1.82) is 0 Å². The van der Waals surface area contributed by atoms with Crippen molar-refractivity contribution < 1.29 is 20.0 Å². The zero-order chi connectivity index (χ0) is 33.1. The van der Waals surface area contributed by atoms with Gasteiger partial charge in [-0.05, 0) is 74.2 Å². The summed E-state index contributed by atoms with van der Waals surface area (Å²) >= 11 is 0. The van der Waals surface area contributed by atoms with Gasteiger partial charge in [0.15, 0.2) is 11.5 Å². The van der Waals surface area contributed by atoms with E-state index >= 15 is 0 Å². The van der Waals surface area contributed by atoms with Crippen LogP contribution in [0.25, 0.3) is 5.65 Å². The fraction of sp³-hybridized carbons (Fsp3) is 0.389. The molecule has 1 aliphatic heterocycles. The number of aromatic nitrogens is 3. The second-order valence-corrected chi connectivity index (χ2v) is 13.5. The fourth-order valence-electron chi connectivity index (χ4n) is 6.34. The van der Waals surface area contributed by atoms with Crippen LogP contribution in [0.15, 0.2) is 83.6 Å². The number of aliphatic hydroxyl groups excluding tert-OH is 1. The van der Waals surface area contributed by atoms with Gasteiger partial charge in [-0.3, -0.25) is 14.6 Å². The van der Waals surface area contributed by atoms with E-state index in [1.54, 1.807) is 11.4 Å². The average Bonchev–Trinajstić information content (AvgIpc) is 3.66. The predicted molar refractivity (Wildman–Crippen MR) is 181 cm³/mol. The molecule has 11 heteroatoms. The van der Waals surface area contributed by atoms with E-state index in [-0.39, 0.29) is 30.2 Å². The number of benzene rings is 2. The zero-order valence-electron chi connectivity index (χ0n) is 27.6. The van der Waals surface area contributed by atoms with Crippen LogP contribution >= 0.6 is 0 Å². The number of amidine groups is 1. The van der Waals surface area contributed by atoms with Gasteiger partial charge in [0.25, 0.3) is 0 Å². The Labute approximate surface area is 275 Å². The predicted octanol–water partition coefficient (Wildman–Crippen LogP) is 4.84. The van der Waals surface area contributed by atoms with Crippen molar-refractivity contribution in [3.8, 4) is 5.75 Å². The van der Waals surface area contributed by atoms with E-state index < -0.39 is 6.03 Å². The third-order valence-corrected chi connectivity index (χ3v) is 9.08. The Hall–Kier alpha value is -4.58. The lowest BCUT2D eigenvalue weighted by atomic mass is 9.85. The first-order chi connectivity index (χ1) is 22.6. The SMILES string of the molecule is CN1CCC[C@H]1c1nnc2ccc(O[C@@H]3CC[C@H](NC(=O)/N=C(\C=C(/N)C(C)(C)C)[NH2+]c4cccc(CO)c4)c4ccccc43)cn12. The van der Waals surface area contributed by atoms with Crippen LogP contribution in [-0.4, -0.2) is 50.1 Å². The quantitative estimate of drug-likeness (QED) is 0.129. The number of fused-ring (bicyclic) bond motifs is 2. The number of ether oxygens (including phenoxy) is 1. The largest absolute Gasteiger partial charge is 0.484 e. The lowest BCUT2D eigenvalue weighted by Crippen LogP contribution is -2.82. The van der Waals surface area contributed by atoms with Crippen molar-refractivity contribution in [2.24, 2.45) is 16.1 Å². The fourth-order valence-corrected chi connectivity index (χ4v) is 6.34. The van der Waals surface area contributed by atoms with Crippen LogP contribution in [0.2, 0.25) is 0 Å². The third-order valence-electron chi connectivity index (χ3n) is 9.08. The molecular weight excluding hydrogens is 592 g/mol. The molecule has 0 bridgehead atoms. The first-order valence-corrected chi connectivity index (χ1v) is 16.3. The summed E-state index contributed by atoms with van der Waals surface area (Å²) in [7, 11) is 2.13. The Morgan fingerprint density at radius 1 is 1.11 bits per heavy atom. The number of quaternary nitrogens is 1. The van der Waals surface area contributed by atoms with Crippen LogP contribution in [0.1, 0.15) is 87.2 Å². The van der Waals surface area contributed by atoms with E-state index in [1.807, 2.05) is 86.0 Å². The number of pyridine rings is 1. The molecule has 246 valence electrons. The van der Waals surface area contributed by atoms with E-state index in [0.717, 1.165) is 59.0 Å². The van der Waals surface area contributed by atoms with Crippen LogP contribution < -0.4 is 21.1 Å². The number of amides is 2. The summed E-state index contributed by atoms with van der Waals surface area (Å²) in [5.41, 5.74) is 11.1. The molecule has 0 unspecified atom stereocenters. The highest BCUT2D eigenvalue weighted by atomic mass is 16.5. The molecule has 2 aromatic carbocycles. The summed E-state index contributed by atoms with van der Waals surface area (Å²) in [6.07, 6.45) is 7.17. The number of carbonyl (C=O) groups excluding carboxylic acids is 1. The van der Waals surface area contributed by atoms with Gasteiger partial charge in [0.05, 0.1) is 24.9 Å². The molecule has 3 atom stereocenters. The minimum absolute atomic E-state index is 0.0745. The number of nitrogens with zero attached hydrogens (tertiary/aromatic N) is 5. The molecule has 0 radical (unpaired) electrons. The Morgan fingerprint density at radius 2 is 1.91 bits per heavy atom. The number of aliphatic hydroxyl groups is 1. The molecule has 3 heterocycles. The molecule has 0 saturated carbocycles. The lowest BCUT2D eigenvalue weighted by molar-refractivity contribution is -0.441. The van der Waals surface area contributed by atoms with Gasteiger partial charge in [-0.1, -0.05) is 57.2 Å². The highest BCUT2D eigenvalue weighted by Crippen LogP contribution is 2.39. The van der Waals surface area contributed by atoms with Crippen LogP contribution in [0.5, 0.6) is 5.75 Å². The van der Waals surface area contributed by atoms with Crippen molar-refractivity contribution in [3.05, 3.63) is 101 Å². The molecule has 6 rings (SSSR count). The second-order valence-electron chi connectivity index (χ2n) is 13.5. The van der Waals surface area contributed by atoms with Crippen molar-refractivity contribution in [1.82, 2.24) is 24.8 Å². The van der Waals surface area contributed by atoms with Gasteiger partial charge in [0.1, 0.15) is 17.5 Å². The number of carbonyl (C=O) groups is 1. The van der Waals surface area contributed by atoms with E-state index in [9.17, 15) is 9.90 Å². The number of likely N-dealkylation sites (tertiary alicyclic amines) is 1. The Balaban J connectivity index is 1.21. The van der Waals surface area contributed by atoms with Gasteiger partial charge in [-0.15, -0.1) is 15.2 Å². The Morgan fingerprint density at radius 3 is 2.66 bits per heavy atom. The molecule has 1 fully saturated rings. The first kappa shape index (κ1) is 32.4. The molecule has 1 aliphatic carbocycles. The number of aliphatic imine (C=N–C) groups is 1. The number of nitrogens with two attached hydrogens (primary N) is 2. The Bertz CT molecular complexity index is 1810. The molecule has 2 amide bonds. The third kappa shape index (κ3) is 7.38. The van der Waals surface area contributed by atoms with Crippen LogP contribution in [0.4, 0.5) is 10.5 Å². The minimum Gasteiger partial charge on any atom is -0.484 e. The molecule has 4 aromatic rings. The summed E-state index contributed by atoms with van der Waals surface area (Å²) < 4.78 is 8.66. The number of allylic oxidation sites excluding steroid dienone is 1. The van der Waals surface area contributed by atoms with Gasteiger partial charge >= 0.3 is 6.03 Å². The van der Waals surface area contributed by atoms with Gasteiger partial charge in [-0.2, -0.15) is 0 Å². The van der Waals surface area contributed by atoms with E-state index in [2.05, 4.69) is 38.5 Å². The van der Waals surface area contributed by atoms with Crippen LogP contribution in [0.3, 0.4) is 0 Å². The summed E-state index contributed by atoms with van der Waals surface area (Å²) in [6, 6.07) is 19.0. The minimum atomic E-state index is -0.450. The molecule has 2 aromatic heterocycles. The molecule has 1 saturated heterocycles. The van der Waals surface area contributed by atoms with Gasteiger partial charge in [0, 0.05) is 23.3 Å². The molecule has 47 heavy (non-hydrogen) atoms. The smallest absolute Gasteiger partial charge is 0.346 e. The summed E-state index contributed by atoms with van der Waals surface area (Å²) in [6.45, 7) is 7.01. The summed E-state index contributed by atoms with van der Waals surface area (Å²) in [5, 5.41) is 23.4. The Kier molecular flexibility index (Phi) is 9.40. The van der Waals surface area contributed by atoms with Crippen molar-refractivity contribution in [2.45, 2.75) is 71.2 Å². The number of urea groups is 1. The number of rotatable bonds is 7. The maximum absolute atomic E-state index is 13.4. The number of hydrogen-bond acceptors (Lipinski definition) is 7. The van der Waals surface area contributed by atoms with Crippen molar-refractivity contribution in [3.63, 3.8) is 0 Å². The summed E-state index contributed by atoms with van der Waals surface area (Å²) in [4.78, 5) is 20.2. The van der Waals surface area contributed by atoms with Gasteiger partial charge < -0.3 is 20.9 Å². The zero-order valence-corrected chi connectivity index (χ0v) is 27.6. The highest BCUT2D eigenvalue weighted by Gasteiger charge is 2.31. The number of nitrogens with one attached hydrogen (secondary N) is 1. The number of hydrogen-bond donors (Lipinski definition) is 4. The van der Waals surface area contributed by atoms with Crippen molar-refractivity contribution >= 4 is 23.2 Å². The second kappa shape index (κ2) is 13.6. The lowest BCUT2D eigenvalue weighted by Gasteiger charge is -2.32. The molecule has 11 nitrogen and oxygen atoms in total. The molecular formula is C36H45N8O3+. The first-order valence-electron chi connectivity index (χ1n) is 16.3. The van der Waals surface area contributed by atoms with Crippen molar-refractivity contribution in [2.75, 3.05) is 13.6 Å². The van der Waals surface area contributed by atoms with Crippen LogP contribution in [-0.2, 0) is 6.61 Å². The van der Waals surface area contributed by atoms with Crippen LogP contribution in [0, 0.1) is 5.41 Å². The monoisotopic (exact) mass is 637 g/mol. The molecule has 6 N–H and O–H groups in total. The summed E-state index contributed by atoms with van der Waals surface area (Å²) in [5.74, 6) is 2.12. The van der Waals surface area contributed by atoms with Gasteiger partial charge in [-0.25, -0.2) is 4.79 Å². The topological polar surface area (TPSA) is 147 Å². The highest BCUT2D eigenvalue weighted by molar-refractivity contribution is 5.96. The van der Waals surface area contributed by atoms with E-state index in [1.165, 1.54) is 0 Å².